The maximum atomic E-state index is 12.4. The molecule has 126 valence electrons. The first kappa shape index (κ1) is 15.1. The molecule has 0 radical (unpaired) electrons. The van der Waals surface area contributed by atoms with Gasteiger partial charge in [-0.15, -0.1) is 0 Å². The molecule has 2 aromatic rings. The maximum Gasteiger partial charge on any atom is 0.265 e. The largest absolute Gasteiger partial charge is 0.485 e. The van der Waals surface area contributed by atoms with Crippen LogP contribution in [0.3, 0.4) is 0 Å². The smallest absolute Gasteiger partial charge is 0.265 e. The minimum absolute atomic E-state index is 0.167. The van der Waals surface area contributed by atoms with Crippen LogP contribution < -0.4 is 14.8 Å². The molecule has 0 saturated heterocycles. The summed E-state index contributed by atoms with van der Waals surface area (Å²) in [7, 11) is 1.98. The van der Waals surface area contributed by atoms with Crippen LogP contribution in [-0.4, -0.2) is 28.4 Å². The molecule has 4 rings (SSSR count). The van der Waals surface area contributed by atoms with Crippen LogP contribution in [0.2, 0.25) is 0 Å². The van der Waals surface area contributed by atoms with Crippen molar-refractivity contribution in [2.75, 3.05) is 6.61 Å². The van der Waals surface area contributed by atoms with E-state index in [1.807, 2.05) is 36.0 Å². The first-order chi connectivity index (χ1) is 11.7. The van der Waals surface area contributed by atoms with E-state index in [1.165, 1.54) is 24.1 Å². The van der Waals surface area contributed by atoms with Crippen LogP contribution in [-0.2, 0) is 31.2 Å². The molecule has 1 aliphatic carbocycles. The average molecular weight is 327 g/mol. The third-order valence-corrected chi connectivity index (χ3v) is 4.68. The van der Waals surface area contributed by atoms with Crippen LogP contribution in [0.1, 0.15) is 29.8 Å². The number of fused-ring (bicyclic) bond motifs is 2. The SMILES string of the molecule is Cn1nc(CNC(=O)[C@H]2COc3ccccc3O2)c2c1CCCC2. The highest BCUT2D eigenvalue weighted by atomic mass is 16.6. The van der Waals surface area contributed by atoms with Gasteiger partial charge in [-0.1, -0.05) is 12.1 Å². The van der Waals surface area contributed by atoms with Gasteiger partial charge >= 0.3 is 0 Å². The molecule has 2 aliphatic rings. The highest BCUT2D eigenvalue weighted by molar-refractivity contribution is 5.81. The first-order valence-corrected chi connectivity index (χ1v) is 8.42. The zero-order valence-corrected chi connectivity index (χ0v) is 13.7. The number of para-hydroxylation sites is 2. The van der Waals surface area contributed by atoms with Crippen LogP contribution in [0.5, 0.6) is 11.5 Å². The van der Waals surface area contributed by atoms with Crippen molar-refractivity contribution in [3.8, 4) is 11.5 Å². The number of ether oxygens (including phenoxy) is 2. The number of hydrogen-bond donors (Lipinski definition) is 1. The second-order valence-corrected chi connectivity index (χ2v) is 6.28. The Morgan fingerprint density at radius 1 is 1.29 bits per heavy atom. The lowest BCUT2D eigenvalue weighted by Crippen LogP contribution is -2.43. The number of aromatic nitrogens is 2. The van der Waals surface area contributed by atoms with Gasteiger partial charge in [0.15, 0.2) is 11.5 Å². The van der Waals surface area contributed by atoms with E-state index >= 15 is 0 Å². The van der Waals surface area contributed by atoms with Crippen molar-refractivity contribution in [1.29, 1.82) is 0 Å². The van der Waals surface area contributed by atoms with Crippen LogP contribution in [0.25, 0.3) is 0 Å². The van der Waals surface area contributed by atoms with Crippen LogP contribution in [0.15, 0.2) is 24.3 Å². The molecule has 2 heterocycles. The van der Waals surface area contributed by atoms with Gasteiger partial charge < -0.3 is 14.8 Å². The summed E-state index contributed by atoms with van der Waals surface area (Å²) in [6.07, 6.45) is 3.90. The second-order valence-electron chi connectivity index (χ2n) is 6.28. The molecule has 0 saturated carbocycles. The fourth-order valence-electron chi connectivity index (χ4n) is 3.43. The number of hydrogen-bond acceptors (Lipinski definition) is 4. The Morgan fingerprint density at radius 2 is 2.08 bits per heavy atom. The molecule has 1 aromatic heterocycles. The quantitative estimate of drug-likeness (QED) is 0.933. The van der Waals surface area contributed by atoms with Gasteiger partial charge in [0.05, 0.1) is 12.2 Å². The Balaban J connectivity index is 1.41. The zero-order chi connectivity index (χ0) is 16.5. The lowest BCUT2D eigenvalue weighted by molar-refractivity contribution is -0.130. The Labute approximate surface area is 140 Å². The van der Waals surface area contributed by atoms with Gasteiger partial charge in [-0.2, -0.15) is 5.10 Å². The molecular formula is C18H21N3O3. The van der Waals surface area contributed by atoms with E-state index in [0.717, 1.165) is 18.5 Å². The number of aryl methyl sites for hydroxylation is 1. The summed E-state index contributed by atoms with van der Waals surface area (Å²) in [5.74, 6) is 1.12. The number of amides is 1. The highest BCUT2D eigenvalue weighted by Gasteiger charge is 2.28. The Kier molecular flexibility index (Phi) is 3.88. The average Bonchev–Trinajstić information content (AvgIpc) is 2.95. The number of carbonyl (C=O) groups excluding carboxylic acids is 1. The standard InChI is InChI=1S/C18H21N3O3/c1-21-14-7-3-2-6-12(14)13(20-21)10-19-18(22)17-11-23-15-8-4-5-9-16(15)24-17/h4-5,8-9,17H,2-3,6-7,10-11H2,1H3,(H,19,22)/t17-/m1/s1. The molecule has 0 bridgehead atoms. The summed E-state index contributed by atoms with van der Waals surface area (Å²) in [5.41, 5.74) is 3.57. The van der Waals surface area contributed by atoms with Crippen molar-refractivity contribution >= 4 is 5.91 Å². The lowest BCUT2D eigenvalue weighted by Gasteiger charge is -2.25. The third-order valence-electron chi connectivity index (χ3n) is 4.68. The number of nitrogens with zero attached hydrogens (tertiary/aromatic N) is 2. The van der Waals surface area contributed by atoms with Gasteiger partial charge in [-0.25, -0.2) is 0 Å². The minimum Gasteiger partial charge on any atom is -0.485 e. The number of nitrogens with one attached hydrogen (secondary N) is 1. The van der Waals surface area contributed by atoms with Crippen molar-refractivity contribution in [3.63, 3.8) is 0 Å². The molecule has 1 atom stereocenters. The van der Waals surface area contributed by atoms with Crippen molar-refractivity contribution in [2.24, 2.45) is 7.05 Å². The fourth-order valence-corrected chi connectivity index (χ4v) is 3.43. The molecule has 6 nitrogen and oxygen atoms in total. The van der Waals surface area contributed by atoms with Gasteiger partial charge in [-0.05, 0) is 43.4 Å². The predicted octanol–water partition coefficient (Wildman–Crippen LogP) is 1.76. The van der Waals surface area contributed by atoms with E-state index in [4.69, 9.17) is 9.47 Å². The van der Waals surface area contributed by atoms with Crippen LogP contribution in [0, 0.1) is 0 Å². The van der Waals surface area contributed by atoms with E-state index in [-0.39, 0.29) is 12.5 Å². The maximum absolute atomic E-state index is 12.4. The van der Waals surface area contributed by atoms with Gasteiger partial charge in [0.2, 0.25) is 6.10 Å². The van der Waals surface area contributed by atoms with Crippen molar-refractivity contribution in [1.82, 2.24) is 15.1 Å². The summed E-state index contributed by atoms with van der Waals surface area (Å²) in [5, 5.41) is 7.52. The van der Waals surface area contributed by atoms with Crippen molar-refractivity contribution in [2.45, 2.75) is 38.3 Å². The lowest BCUT2D eigenvalue weighted by atomic mass is 9.96. The van der Waals surface area contributed by atoms with Gasteiger partial charge in [0.25, 0.3) is 5.91 Å². The molecule has 1 amide bonds. The molecule has 1 aromatic carbocycles. The monoisotopic (exact) mass is 327 g/mol. The Hall–Kier alpha value is -2.50. The van der Waals surface area contributed by atoms with Crippen LogP contribution >= 0.6 is 0 Å². The van der Waals surface area contributed by atoms with Crippen molar-refractivity contribution < 1.29 is 14.3 Å². The Morgan fingerprint density at radius 3 is 2.96 bits per heavy atom. The summed E-state index contributed by atoms with van der Waals surface area (Å²) < 4.78 is 13.3. The summed E-state index contributed by atoms with van der Waals surface area (Å²) in [4.78, 5) is 12.4. The number of rotatable bonds is 3. The molecule has 1 aliphatic heterocycles. The molecule has 6 heteroatoms. The van der Waals surface area contributed by atoms with Crippen molar-refractivity contribution in [3.05, 3.63) is 41.2 Å². The molecule has 0 spiro atoms. The van der Waals surface area contributed by atoms with Gasteiger partial charge in [-0.3, -0.25) is 9.48 Å². The van der Waals surface area contributed by atoms with E-state index in [1.54, 1.807) is 0 Å². The first-order valence-electron chi connectivity index (χ1n) is 8.42. The molecular weight excluding hydrogens is 306 g/mol. The number of benzene rings is 1. The minimum atomic E-state index is -0.626. The van der Waals surface area contributed by atoms with Crippen LogP contribution in [0.4, 0.5) is 0 Å². The normalized spacial score (nSPS) is 18.8. The van der Waals surface area contributed by atoms with E-state index < -0.39 is 6.10 Å². The van der Waals surface area contributed by atoms with E-state index in [0.29, 0.717) is 18.0 Å². The third kappa shape index (κ3) is 2.72. The summed E-state index contributed by atoms with van der Waals surface area (Å²) in [6, 6.07) is 7.39. The molecule has 0 fully saturated rings. The van der Waals surface area contributed by atoms with E-state index in [9.17, 15) is 4.79 Å². The molecule has 0 unspecified atom stereocenters. The predicted molar refractivity (Wildman–Crippen MR) is 88.0 cm³/mol. The topological polar surface area (TPSA) is 65.4 Å². The van der Waals surface area contributed by atoms with Gasteiger partial charge in [0, 0.05) is 12.7 Å². The molecule has 1 N–H and O–H groups in total. The van der Waals surface area contributed by atoms with E-state index in [2.05, 4.69) is 10.4 Å². The summed E-state index contributed by atoms with van der Waals surface area (Å²) in [6.45, 7) is 0.659. The summed E-state index contributed by atoms with van der Waals surface area (Å²) >= 11 is 0. The Bertz CT molecular complexity index is 769. The van der Waals surface area contributed by atoms with Gasteiger partial charge in [0.1, 0.15) is 6.61 Å². The zero-order valence-electron chi connectivity index (χ0n) is 13.7. The second kappa shape index (κ2) is 6.19. The fraction of sp³-hybridized carbons (Fsp3) is 0.444. The molecule has 24 heavy (non-hydrogen) atoms. The number of carbonyl (C=O) groups is 1. The highest BCUT2D eigenvalue weighted by Crippen LogP contribution is 2.31.